The van der Waals surface area contributed by atoms with Crippen molar-refractivity contribution in [3.8, 4) is 0 Å². The SMILES string of the molecule is O=C(CN1CCN(C(=O)c2cc3cccc([N+](=O)[O-])c3[nH]2)CC1)Nc1ccc(F)cc1. The summed E-state index contributed by atoms with van der Waals surface area (Å²) in [5.74, 6) is -0.821. The summed E-state index contributed by atoms with van der Waals surface area (Å²) in [5.41, 5.74) is 1.07. The first kappa shape index (κ1) is 20.5. The first-order valence-corrected chi connectivity index (χ1v) is 9.74. The first-order chi connectivity index (χ1) is 14.9. The Hall–Kier alpha value is -3.79. The second kappa shape index (κ2) is 8.52. The van der Waals surface area contributed by atoms with Crippen LogP contribution in [0.2, 0.25) is 0 Å². The van der Waals surface area contributed by atoms with Crippen LogP contribution in [-0.2, 0) is 4.79 Å². The van der Waals surface area contributed by atoms with Crippen molar-refractivity contribution in [1.29, 1.82) is 0 Å². The molecule has 160 valence electrons. The highest BCUT2D eigenvalue weighted by Gasteiger charge is 2.25. The number of carbonyl (C=O) groups is 2. The van der Waals surface area contributed by atoms with Crippen molar-refractivity contribution in [1.82, 2.24) is 14.8 Å². The van der Waals surface area contributed by atoms with E-state index in [-0.39, 0.29) is 29.9 Å². The molecule has 31 heavy (non-hydrogen) atoms. The summed E-state index contributed by atoms with van der Waals surface area (Å²) in [4.78, 5) is 42.2. The molecular formula is C21H20FN5O4. The molecule has 0 unspecified atom stereocenters. The molecule has 1 aliphatic heterocycles. The summed E-state index contributed by atoms with van der Waals surface area (Å²) < 4.78 is 13.0. The number of para-hydroxylation sites is 1. The zero-order valence-electron chi connectivity index (χ0n) is 16.5. The number of aromatic amines is 1. The number of hydrogen-bond donors (Lipinski definition) is 2. The van der Waals surface area contributed by atoms with Crippen LogP contribution in [0.1, 0.15) is 10.5 Å². The van der Waals surface area contributed by atoms with Crippen LogP contribution < -0.4 is 5.32 Å². The highest BCUT2D eigenvalue weighted by Crippen LogP contribution is 2.26. The molecular weight excluding hydrogens is 405 g/mol. The highest BCUT2D eigenvalue weighted by atomic mass is 19.1. The van der Waals surface area contributed by atoms with Gasteiger partial charge in [-0.2, -0.15) is 0 Å². The van der Waals surface area contributed by atoms with Crippen molar-refractivity contribution in [3.63, 3.8) is 0 Å². The van der Waals surface area contributed by atoms with Gasteiger partial charge in [0.25, 0.3) is 11.6 Å². The minimum Gasteiger partial charge on any atom is -0.345 e. The molecule has 0 radical (unpaired) electrons. The lowest BCUT2D eigenvalue weighted by Crippen LogP contribution is -2.50. The Morgan fingerprint density at radius 2 is 1.81 bits per heavy atom. The molecule has 4 rings (SSSR count). The van der Waals surface area contributed by atoms with Crippen LogP contribution in [0.25, 0.3) is 10.9 Å². The van der Waals surface area contributed by atoms with E-state index in [1.807, 2.05) is 4.90 Å². The number of nitro benzene ring substituents is 1. The van der Waals surface area contributed by atoms with Crippen molar-refractivity contribution >= 4 is 34.1 Å². The molecule has 1 fully saturated rings. The average Bonchev–Trinajstić information content (AvgIpc) is 3.19. The normalized spacial score (nSPS) is 14.5. The van der Waals surface area contributed by atoms with Gasteiger partial charge in [-0.3, -0.25) is 24.6 Å². The highest BCUT2D eigenvalue weighted by molar-refractivity contribution is 6.00. The molecule has 0 spiro atoms. The molecule has 2 N–H and O–H groups in total. The number of fused-ring (bicyclic) bond motifs is 1. The molecule has 3 aromatic rings. The quantitative estimate of drug-likeness (QED) is 0.482. The van der Waals surface area contributed by atoms with E-state index < -0.39 is 4.92 Å². The van der Waals surface area contributed by atoms with Gasteiger partial charge in [0.15, 0.2) is 0 Å². The summed E-state index contributed by atoms with van der Waals surface area (Å²) in [5, 5.41) is 14.5. The minimum atomic E-state index is -0.483. The molecule has 1 aromatic heterocycles. The van der Waals surface area contributed by atoms with Gasteiger partial charge in [0.05, 0.1) is 11.5 Å². The van der Waals surface area contributed by atoms with E-state index in [2.05, 4.69) is 10.3 Å². The van der Waals surface area contributed by atoms with Crippen LogP contribution in [0, 0.1) is 15.9 Å². The lowest BCUT2D eigenvalue weighted by molar-refractivity contribution is -0.383. The van der Waals surface area contributed by atoms with Crippen LogP contribution in [-0.4, -0.2) is 64.2 Å². The third kappa shape index (κ3) is 4.53. The lowest BCUT2D eigenvalue weighted by atomic mass is 10.2. The van der Waals surface area contributed by atoms with E-state index in [1.165, 1.54) is 30.3 Å². The summed E-state index contributed by atoms with van der Waals surface area (Å²) in [6, 6.07) is 11.8. The fraction of sp³-hybridized carbons (Fsp3) is 0.238. The number of H-pyrrole nitrogens is 1. The zero-order chi connectivity index (χ0) is 22.0. The van der Waals surface area contributed by atoms with Crippen LogP contribution in [0.4, 0.5) is 15.8 Å². The predicted molar refractivity (Wildman–Crippen MR) is 112 cm³/mol. The molecule has 0 atom stereocenters. The molecule has 0 saturated carbocycles. The van der Waals surface area contributed by atoms with E-state index in [9.17, 15) is 24.1 Å². The van der Waals surface area contributed by atoms with Gasteiger partial charge in [-0.05, 0) is 30.3 Å². The monoisotopic (exact) mass is 425 g/mol. The summed E-state index contributed by atoms with van der Waals surface area (Å²) >= 11 is 0. The number of piperazine rings is 1. The zero-order valence-corrected chi connectivity index (χ0v) is 16.5. The molecule has 0 aliphatic carbocycles. The van der Waals surface area contributed by atoms with Crippen molar-refractivity contribution in [2.75, 3.05) is 38.0 Å². The number of nitrogens with zero attached hydrogens (tertiary/aromatic N) is 3. The molecule has 1 aliphatic rings. The second-order valence-corrected chi connectivity index (χ2v) is 7.30. The van der Waals surface area contributed by atoms with Gasteiger partial charge in [-0.25, -0.2) is 4.39 Å². The Morgan fingerprint density at radius 3 is 2.48 bits per heavy atom. The molecule has 2 amide bonds. The van der Waals surface area contributed by atoms with Gasteiger partial charge in [-0.15, -0.1) is 0 Å². The number of nitrogens with one attached hydrogen (secondary N) is 2. The van der Waals surface area contributed by atoms with E-state index in [4.69, 9.17) is 0 Å². The van der Waals surface area contributed by atoms with E-state index in [1.54, 1.807) is 23.1 Å². The van der Waals surface area contributed by atoms with E-state index in [0.717, 1.165) is 0 Å². The van der Waals surface area contributed by atoms with Crippen LogP contribution in [0.15, 0.2) is 48.5 Å². The Labute approximate surface area is 176 Å². The maximum Gasteiger partial charge on any atom is 0.293 e. The predicted octanol–water partition coefficient (Wildman–Crippen LogP) is 2.61. The Balaban J connectivity index is 1.34. The number of nitro groups is 1. The van der Waals surface area contributed by atoms with Crippen molar-refractivity contribution < 1.29 is 18.9 Å². The smallest absolute Gasteiger partial charge is 0.293 e. The molecule has 2 aromatic carbocycles. The maximum atomic E-state index is 13.0. The standard InChI is InChI=1S/C21H20FN5O4/c22-15-4-6-16(7-5-15)23-19(28)13-25-8-10-26(11-9-25)21(29)17-12-14-2-1-3-18(27(30)31)20(14)24-17/h1-7,12,24H,8-11,13H2,(H,23,28). The number of carbonyl (C=O) groups excluding carboxylic acids is 2. The topological polar surface area (TPSA) is 112 Å². The van der Waals surface area contributed by atoms with Gasteiger partial charge in [0.2, 0.25) is 5.91 Å². The van der Waals surface area contributed by atoms with Crippen molar-refractivity contribution in [3.05, 3.63) is 70.2 Å². The molecule has 1 saturated heterocycles. The van der Waals surface area contributed by atoms with E-state index in [0.29, 0.717) is 48.5 Å². The van der Waals surface area contributed by atoms with Gasteiger partial charge in [-0.1, -0.05) is 12.1 Å². The van der Waals surface area contributed by atoms with Gasteiger partial charge >= 0.3 is 0 Å². The number of hydrogen-bond acceptors (Lipinski definition) is 5. The Morgan fingerprint density at radius 1 is 1.10 bits per heavy atom. The maximum absolute atomic E-state index is 13.0. The summed E-state index contributed by atoms with van der Waals surface area (Å²) in [7, 11) is 0. The first-order valence-electron chi connectivity index (χ1n) is 9.74. The fourth-order valence-corrected chi connectivity index (χ4v) is 3.62. The van der Waals surface area contributed by atoms with Crippen molar-refractivity contribution in [2.45, 2.75) is 0 Å². The van der Waals surface area contributed by atoms with Gasteiger partial charge < -0.3 is 15.2 Å². The third-order valence-corrected chi connectivity index (χ3v) is 5.22. The number of non-ortho nitro benzene ring substituents is 1. The van der Waals surface area contributed by atoms with Crippen LogP contribution in [0.5, 0.6) is 0 Å². The van der Waals surface area contributed by atoms with Gasteiger partial charge in [0, 0.05) is 43.3 Å². The molecule has 0 bridgehead atoms. The minimum absolute atomic E-state index is 0.0754. The summed E-state index contributed by atoms with van der Waals surface area (Å²) in [6.45, 7) is 2.06. The largest absolute Gasteiger partial charge is 0.345 e. The van der Waals surface area contributed by atoms with Crippen molar-refractivity contribution in [2.24, 2.45) is 0 Å². The lowest BCUT2D eigenvalue weighted by Gasteiger charge is -2.34. The molecule has 9 nitrogen and oxygen atoms in total. The fourth-order valence-electron chi connectivity index (χ4n) is 3.62. The average molecular weight is 425 g/mol. The second-order valence-electron chi connectivity index (χ2n) is 7.30. The third-order valence-electron chi connectivity index (χ3n) is 5.22. The molecule has 2 heterocycles. The number of amides is 2. The number of aromatic nitrogens is 1. The number of anilines is 1. The van der Waals surface area contributed by atoms with Gasteiger partial charge in [0.1, 0.15) is 17.0 Å². The van der Waals surface area contributed by atoms with Crippen LogP contribution >= 0.6 is 0 Å². The van der Waals surface area contributed by atoms with Crippen LogP contribution in [0.3, 0.4) is 0 Å². The summed E-state index contributed by atoms with van der Waals surface area (Å²) in [6.07, 6.45) is 0. The Kier molecular flexibility index (Phi) is 5.63. The number of rotatable bonds is 5. The number of halogens is 1. The molecule has 10 heteroatoms. The number of benzene rings is 2. The van der Waals surface area contributed by atoms with E-state index >= 15 is 0 Å². The Bertz CT molecular complexity index is 1140.